The zero-order chi connectivity index (χ0) is 9.26. The predicted molar refractivity (Wildman–Crippen MR) is 50.2 cm³/mol. The molecule has 1 unspecified atom stereocenters. The third kappa shape index (κ3) is 1.50. The Kier molecular flexibility index (Phi) is 2.38. The van der Waals surface area contributed by atoms with Gasteiger partial charge in [0, 0.05) is 6.42 Å². The minimum Gasteiger partial charge on any atom is -0.493 e. The van der Waals surface area contributed by atoms with E-state index in [9.17, 15) is 4.79 Å². The average Bonchev–Trinajstić information content (AvgIpc) is 2.18. The Morgan fingerprint density at radius 3 is 2.85 bits per heavy atom. The van der Waals surface area contributed by atoms with Crippen LogP contribution >= 0.6 is 0 Å². The number of carbonyl (C=O) groups excluding carboxylic acids is 1. The Morgan fingerprint density at radius 1 is 1.23 bits per heavy atom. The fourth-order valence-electron chi connectivity index (χ4n) is 2.54. The maximum atomic E-state index is 11.5. The summed E-state index contributed by atoms with van der Waals surface area (Å²) in [6, 6.07) is 0. The number of fused-ring (bicyclic) bond motifs is 1. The third-order valence-electron chi connectivity index (χ3n) is 3.21. The van der Waals surface area contributed by atoms with E-state index in [1.807, 2.05) is 0 Å². The molecule has 0 spiro atoms. The van der Waals surface area contributed by atoms with E-state index in [2.05, 4.69) is 0 Å². The van der Waals surface area contributed by atoms with Crippen LogP contribution < -0.4 is 0 Å². The number of methoxy groups -OCH3 is 1. The highest BCUT2D eigenvalue weighted by molar-refractivity contribution is 5.95. The van der Waals surface area contributed by atoms with Gasteiger partial charge in [-0.25, -0.2) is 0 Å². The number of allylic oxidation sites excluding steroid dienone is 2. The van der Waals surface area contributed by atoms with Gasteiger partial charge in [-0.15, -0.1) is 0 Å². The van der Waals surface area contributed by atoms with Crippen LogP contribution in [0.5, 0.6) is 0 Å². The molecule has 0 amide bonds. The van der Waals surface area contributed by atoms with Gasteiger partial charge >= 0.3 is 0 Å². The SMILES string of the molecule is COC1=C2CCCCC2CCC1=O. The summed E-state index contributed by atoms with van der Waals surface area (Å²) in [5, 5.41) is 0. The van der Waals surface area contributed by atoms with E-state index < -0.39 is 0 Å². The molecule has 1 atom stereocenters. The number of Topliss-reactive ketones (excluding diaryl/α,β-unsaturated/α-hetero) is 1. The number of hydrogen-bond donors (Lipinski definition) is 0. The first kappa shape index (κ1) is 8.79. The predicted octanol–water partition coefficient (Wildman–Crippen LogP) is 2.44. The number of carbonyl (C=O) groups is 1. The van der Waals surface area contributed by atoms with Crippen LogP contribution in [-0.2, 0) is 9.53 Å². The molecule has 0 N–H and O–H groups in total. The van der Waals surface area contributed by atoms with Crippen molar-refractivity contribution in [2.45, 2.75) is 38.5 Å². The van der Waals surface area contributed by atoms with Crippen molar-refractivity contribution in [3.05, 3.63) is 11.3 Å². The lowest BCUT2D eigenvalue weighted by Crippen LogP contribution is -2.23. The second-order valence-electron chi connectivity index (χ2n) is 3.96. The Morgan fingerprint density at radius 2 is 2.08 bits per heavy atom. The molecule has 0 radical (unpaired) electrons. The van der Waals surface area contributed by atoms with Crippen molar-refractivity contribution < 1.29 is 9.53 Å². The van der Waals surface area contributed by atoms with Crippen molar-refractivity contribution in [1.29, 1.82) is 0 Å². The van der Waals surface area contributed by atoms with Gasteiger partial charge in [-0.1, -0.05) is 6.42 Å². The molecule has 0 aliphatic heterocycles. The number of hydrogen-bond acceptors (Lipinski definition) is 2. The first-order valence-electron chi connectivity index (χ1n) is 5.13. The third-order valence-corrected chi connectivity index (χ3v) is 3.21. The van der Waals surface area contributed by atoms with Crippen molar-refractivity contribution >= 4 is 5.78 Å². The van der Waals surface area contributed by atoms with Crippen LogP contribution in [-0.4, -0.2) is 12.9 Å². The van der Waals surface area contributed by atoms with Gasteiger partial charge in [0.25, 0.3) is 0 Å². The summed E-state index contributed by atoms with van der Waals surface area (Å²) >= 11 is 0. The van der Waals surface area contributed by atoms with Crippen LogP contribution in [0, 0.1) is 5.92 Å². The van der Waals surface area contributed by atoms with Crippen molar-refractivity contribution in [3.63, 3.8) is 0 Å². The van der Waals surface area contributed by atoms with Crippen LogP contribution in [0.2, 0.25) is 0 Å². The van der Waals surface area contributed by atoms with E-state index in [0.717, 1.165) is 12.8 Å². The summed E-state index contributed by atoms with van der Waals surface area (Å²) in [5.41, 5.74) is 1.31. The van der Waals surface area contributed by atoms with E-state index in [4.69, 9.17) is 4.74 Å². The minimum absolute atomic E-state index is 0.218. The topological polar surface area (TPSA) is 26.3 Å². The first-order chi connectivity index (χ1) is 6.33. The normalized spacial score (nSPS) is 28.7. The zero-order valence-electron chi connectivity index (χ0n) is 8.14. The maximum absolute atomic E-state index is 11.5. The second-order valence-corrected chi connectivity index (χ2v) is 3.96. The summed E-state index contributed by atoms with van der Waals surface area (Å²) in [6.45, 7) is 0. The Hall–Kier alpha value is -0.790. The molecule has 72 valence electrons. The molecule has 0 aromatic heterocycles. The summed E-state index contributed by atoms with van der Waals surface area (Å²) < 4.78 is 5.20. The average molecular weight is 180 g/mol. The van der Waals surface area contributed by atoms with Gasteiger partial charge < -0.3 is 4.74 Å². The second kappa shape index (κ2) is 3.52. The standard InChI is InChI=1S/C11H16O2/c1-13-11-9-5-3-2-4-8(9)6-7-10(11)12/h8H,2-7H2,1H3. The molecule has 0 aromatic carbocycles. The van der Waals surface area contributed by atoms with Crippen LogP contribution in [0.3, 0.4) is 0 Å². The molecule has 1 fully saturated rings. The molecule has 0 heterocycles. The highest BCUT2D eigenvalue weighted by Crippen LogP contribution is 2.38. The van der Waals surface area contributed by atoms with Gasteiger partial charge in [0.1, 0.15) is 0 Å². The van der Waals surface area contributed by atoms with Gasteiger partial charge in [-0.05, 0) is 37.2 Å². The fourth-order valence-corrected chi connectivity index (χ4v) is 2.54. The van der Waals surface area contributed by atoms with Gasteiger partial charge in [0.2, 0.25) is 0 Å². The van der Waals surface area contributed by atoms with Crippen molar-refractivity contribution in [3.8, 4) is 0 Å². The lowest BCUT2D eigenvalue weighted by atomic mass is 9.76. The summed E-state index contributed by atoms with van der Waals surface area (Å²) in [7, 11) is 1.62. The van der Waals surface area contributed by atoms with Gasteiger partial charge in [0.05, 0.1) is 7.11 Å². The maximum Gasteiger partial charge on any atom is 0.197 e. The van der Waals surface area contributed by atoms with Gasteiger partial charge in [-0.3, -0.25) is 4.79 Å². The number of rotatable bonds is 1. The Labute approximate surface area is 79.0 Å². The summed E-state index contributed by atoms with van der Waals surface area (Å²) in [5.74, 6) is 1.56. The molecule has 0 aromatic rings. The molecular weight excluding hydrogens is 164 g/mol. The zero-order valence-corrected chi connectivity index (χ0v) is 8.14. The lowest BCUT2D eigenvalue weighted by Gasteiger charge is -2.30. The molecule has 2 aliphatic carbocycles. The van der Waals surface area contributed by atoms with Crippen LogP contribution in [0.25, 0.3) is 0 Å². The number of ether oxygens (including phenoxy) is 1. The summed E-state index contributed by atoms with van der Waals surface area (Å²) in [6.07, 6.45) is 6.64. The smallest absolute Gasteiger partial charge is 0.197 e. The van der Waals surface area contributed by atoms with Crippen molar-refractivity contribution in [1.82, 2.24) is 0 Å². The van der Waals surface area contributed by atoms with Gasteiger partial charge in [0.15, 0.2) is 11.5 Å². The monoisotopic (exact) mass is 180 g/mol. The van der Waals surface area contributed by atoms with E-state index in [1.54, 1.807) is 7.11 Å². The van der Waals surface area contributed by atoms with E-state index in [-0.39, 0.29) is 5.78 Å². The summed E-state index contributed by atoms with van der Waals surface area (Å²) in [4.78, 5) is 11.5. The minimum atomic E-state index is 0.218. The van der Waals surface area contributed by atoms with E-state index >= 15 is 0 Å². The van der Waals surface area contributed by atoms with Crippen molar-refractivity contribution in [2.75, 3.05) is 7.11 Å². The highest BCUT2D eigenvalue weighted by Gasteiger charge is 2.30. The Balaban J connectivity index is 2.30. The molecule has 2 nitrogen and oxygen atoms in total. The molecule has 1 saturated carbocycles. The molecule has 2 heteroatoms. The van der Waals surface area contributed by atoms with Crippen LogP contribution in [0.1, 0.15) is 38.5 Å². The molecule has 2 rings (SSSR count). The molecule has 0 saturated heterocycles. The molecule has 2 aliphatic rings. The van der Waals surface area contributed by atoms with Gasteiger partial charge in [-0.2, -0.15) is 0 Å². The van der Waals surface area contributed by atoms with Crippen LogP contribution in [0.4, 0.5) is 0 Å². The Bertz CT molecular complexity index is 253. The van der Waals surface area contributed by atoms with Crippen LogP contribution in [0.15, 0.2) is 11.3 Å². The molecule has 0 bridgehead atoms. The number of ketones is 1. The largest absolute Gasteiger partial charge is 0.493 e. The first-order valence-corrected chi connectivity index (χ1v) is 5.13. The molecular formula is C11H16O2. The van der Waals surface area contributed by atoms with Crippen molar-refractivity contribution in [2.24, 2.45) is 5.92 Å². The lowest BCUT2D eigenvalue weighted by molar-refractivity contribution is -0.119. The van der Waals surface area contributed by atoms with E-state index in [0.29, 0.717) is 18.1 Å². The molecule has 13 heavy (non-hydrogen) atoms. The quantitative estimate of drug-likeness (QED) is 0.619. The fraction of sp³-hybridized carbons (Fsp3) is 0.727. The van der Waals surface area contributed by atoms with E-state index in [1.165, 1.54) is 24.8 Å². The highest BCUT2D eigenvalue weighted by atomic mass is 16.5.